The maximum Gasteiger partial charge on any atom is 0.103 e. The molecule has 0 heterocycles. The molecule has 1 aliphatic carbocycles. The molecule has 0 saturated heterocycles. The molecule has 1 fully saturated rings. The van der Waals surface area contributed by atoms with Crippen molar-refractivity contribution in [2.75, 3.05) is 26.7 Å². The number of hydrogen-bond donors (Lipinski definition) is 1. The standard InChI is InChI=1S/C14H27N3/c1-5-16-14(3,11-15)7-6-8-17(4)10-13-9-12(13)2/h12-13,16H,5-10H2,1-4H3. The van der Waals surface area contributed by atoms with Crippen LogP contribution < -0.4 is 5.32 Å². The fourth-order valence-corrected chi connectivity index (χ4v) is 2.42. The second-order valence-corrected chi connectivity index (χ2v) is 5.81. The van der Waals surface area contributed by atoms with Gasteiger partial charge in [-0.25, -0.2) is 0 Å². The molecule has 1 aliphatic rings. The Bertz CT molecular complexity index is 271. The molecule has 0 aromatic carbocycles. The van der Waals surface area contributed by atoms with Crippen molar-refractivity contribution >= 4 is 0 Å². The van der Waals surface area contributed by atoms with Crippen molar-refractivity contribution in [3.05, 3.63) is 0 Å². The SMILES string of the molecule is CCNC(C)(C#N)CCCN(C)CC1CC1C. The van der Waals surface area contributed by atoms with Crippen LogP contribution in [0.3, 0.4) is 0 Å². The largest absolute Gasteiger partial charge is 0.306 e. The number of nitrogens with one attached hydrogen (secondary N) is 1. The molecule has 0 radical (unpaired) electrons. The van der Waals surface area contributed by atoms with Crippen LogP contribution in [-0.2, 0) is 0 Å². The van der Waals surface area contributed by atoms with E-state index in [1.54, 1.807) is 0 Å². The summed E-state index contributed by atoms with van der Waals surface area (Å²) in [6.07, 6.45) is 3.42. The Balaban J connectivity index is 2.15. The zero-order valence-corrected chi connectivity index (χ0v) is 11.8. The molecular formula is C14H27N3. The Morgan fingerprint density at radius 1 is 1.53 bits per heavy atom. The minimum atomic E-state index is -0.345. The highest BCUT2D eigenvalue weighted by Crippen LogP contribution is 2.37. The number of nitrogens with zero attached hydrogens (tertiary/aromatic N) is 2. The molecule has 3 nitrogen and oxygen atoms in total. The van der Waals surface area contributed by atoms with E-state index < -0.39 is 0 Å². The predicted molar refractivity (Wildman–Crippen MR) is 71.7 cm³/mol. The Hall–Kier alpha value is -0.590. The van der Waals surface area contributed by atoms with E-state index in [0.29, 0.717) is 0 Å². The zero-order valence-electron chi connectivity index (χ0n) is 11.8. The van der Waals surface area contributed by atoms with E-state index in [9.17, 15) is 0 Å². The summed E-state index contributed by atoms with van der Waals surface area (Å²) in [7, 11) is 2.20. The van der Waals surface area contributed by atoms with Gasteiger partial charge in [0.1, 0.15) is 5.54 Å². The van der Waals surface area contributed by atoms with E-state index in [0.717, 1.165) is 37.8 Å². The maximum absolute atomic E-state index is 9.15. The van der Waals surface area contributed by atoms with Crippen molar-refractivity contribution in [1.82, 2.24) is 10.2 Å². The summed E-state index contributed by atoms with van der Waals surface area (Å²) in [6, 6.07) is 2.38. The molecule has 1 saturated carbocycles. The Morgan fingerprint density at radius 3 is 2.65 bits per heavy atom. The maximum atomic E-state index is 9.15. The lowest BCUT2D eigenvalue weighted by Crippen LogP contribution is -2.41. The molecule has 98 valence electrons. The van der Waals surface area contributed by atoms with E-state index in [1.165, 1.54) is 13.0 Å². The number of rotatable bonds is 8. The van der Waals surface area contributed by atoms with Crippen molar-refractivity contribution < 1.29 is 0 Å². The fraction of sp³-hybridized carbons (Fsp3) is 0.929. The molecule has 0 aromatic rings. The smallest absolute Gasteiger partial charge is 0.103 e. The van der Waals surface area contributed by atoms with Gasteiger partial charge in [-0.05, 0) is 58.2 Å². The van der Waals surface area contributed by atoms with Crippen molar-refractivity contribution in [1.29, 1.82) is 5.26 Å². The van der Waals surface area contributed by atoms with Gasteiger partial charge in [-0.3, -0.25) is 5.32 Å². The highest BCUT2D eigenvalue weighted by atomic mass is 15.1. The molecule has 1 N–H and O–H groups in total. The van der Waals surface area contributed by atoms with Crippen LogP contribution in [0.2, 0.25) is 0 Å². The van der Waals surface area contributed by atoms with E-state index >= 15 is 0 Å². The quantitative estimate of drug-likeness (QED) is 0.704. The summed E-state index contributed by atoms with van der Waals surface area (Å²) in [6.45, 7) is 9.57. The van der Waals surface area contributed by atoms with Gasteiger partial charge in [-0.1, -0.05) is 13.8 Å². The first-order valence-corrected chi connectivity index (χ1v) is 6.85. The summed E-state index contributed by atoms with van der Waals surface area (Å²) in [5.41, 5.74) is -0.345. The summed E-state index contributed by atoms with van der Waals surface area (Å²) in [4.78, 5) is 2.41. The van der Waals surface area contributed by atoms with Crippen LogP contribution in [0.5, 0.6) is 0 Å². The van der Waals surface area contributed by atoms with Crippen molar-refractivity contribution in [2.24, 2.45) is 11.8 Å². The van der Waals surface area contributed by atoms with Crippen LogP contribution in [-0.4, -0.2) is 37.1 Å². The van der Waals surface area contributed by atoms with Crippen LogP contribution in [0, 0.1) is 23.2 Å². The average molecular weight is 237 g/mol. The fourth-order valence-electron chi connectivity index (χ4n) is 2.42. The molecule has 0 spiro atoms. The average Bonchev–Trinajstić information content (AvgIpc) is 2.94. The van der Waals surface area contributed by atoms with E-state index in [1.807, 2.05) is 6.92 Å². The summed E-state index contributed by atoms with van der Waals surface area (Å²) >= 11 is 0. The second kappa shape index (κ2) is 6.37. The molecule has 0 amide bonds. The van der Waals surface area contributed by atoms with Gasteiger partial charge in [0, 0.05) is 6.54 Å². The van der Waals surface area contributed by atoms with Gasteiger partial charge in [-0.2, -0.15) is 5.26 Å². The van der Waals surface area contributed by atoms with Gasteiger partial charge >= 0.3 is 0 Å². The first-order chi connectivity index (χ1) is 8.00. The van der Waals surface area contributed by atoms with Gasteiger partial charge in [0.2, 0.25) is 0 Å². The lowest BCUT2D eigenvalue weighted by atomic mass is 9.97. The number of hydrogen-bond acceptors (Lipinski definition) is 3. The van der Waals surface area contributed by atoms with Crippen molar-refractivity contribution in [3.63, 3.8) is 0 Å². The molecular weight excluding hydrogens is 210 g/mol. The minimum absolute atomic E-state index is 0.345. The van der Waals surface area contributed by atoms with Crippen molar-refractivity contribution in [2.45, 2.75) is 45.6 Å². The topological polar surface area (TPSA) is 39.1 Å². The lowest BCUT2D eigenvalue weighted by Gasteiger charge is -2.24. The molecule has 0 bridgehead atoms. The van der Waals surface area contributed by atoms with Gasteiger partial charge in [0.25, 0.3) is 0 Å². The molecule has 1 rings (SSSR count). The second-order valence-electron chi connectivity index (χ2n) is 5.81. The molecule has 0 aliphatic heterocycles. The number of nitriles is 1. The molecule has 3 unspecified atom stereocenters. The Labute approximate surface area is 106 Å². The van der Waals surface area contributed by atoms with Gasteiger partial charge < -0.3 is 4.90 Å². The monoisotopic (exact) mass is 237 g/mol. The molecule has 3 atom stereocenters. The van der Waals surface area contributed by atoms with Crippen LogP contribution in [0.15, 0.2) is 0 Å². The third-order valence-corrected chi connectivity index (χ3v) is 3.85. The highest BCUT2D eigenvalue weighted by molar-refractivity contribution is 5.03. The van der Waals surface area contributed by atoms with Crippen LogP contribution >= 0.6 is 0 Å². The van der Waals surface area contributed by atoms with E-state index in [4.69, 9.17) is 5.26 Å². The van der Waals surface area contributed by atoms with Crippen LogP contribution in [0.4, 0.5) is 0 Å². The Kier molecular flexibility index (Phi) is 5.42. The predicted octanol–water partition coefficient (Wildman–Crippen LogP) is 2.25. The van der Waals surface area contributed by atoms with Crippen molar-refractivity contribution in [3.8, 4) is 6.07 Å². The highest BCUT2D eigenvalue weighted by Gasteiger charge is 2.33. The first-order valence-electron chi connectivity index (χ1n) is 6.85. The first kappa shape index (κ1) is 14.5. The zero-order chi connectivity index (χ0) is 12.9. The van der Waals surface area contributed by atoms with Crippen LogP contribution in [0.25, 0.3) is 0 Å². The summed E-state index contributed by atoms with van der Waals surface area (Å²) < 4.78 is 0. The summed E-state index contributed by atoms with van der Waals surface area (Å²) in [5.74, 6) is 1.86. The van der Waals surface area contributed by atoms with Gasteiger partial charge in [0.05, 0.1) is 6.07 Å². The van der Waals surface area contributed by atoms with E-state index in [-0.39, 0.29) is 5.54 Å². The lowest BCUT2D eigenvalue weighted by molar-refractivity contribution is 0.292. The minimum Gasteiger partial charge on any atom is -0.306 e. The Morgan fingerprint density at radius 2 is 2.18 bits per heavy atom. The third kappa shape index (κ3) is 5.06. The summed E-state index contributed by atoms with van der Waals surface area (Å²) in [5, 5.41) is 12.4. The molecule has 17 heavy (non-hydrogen) atoms. The molecule has 3 heteroatoms. The third-order valence-electron chi connectivity index (χ3n) is 3.85. The van der Waals surface area contributed by atoms with Gasteiger partial charge in [-0.15, -0.1) is 0 Å². The molecule has 0 aromatic heterocycles. The normalized spacial score (nSPS) is 26.6. The van der Waals surface area contributed by atoms with Crippen LogP contribution in [0.1, 0.15) is 40.0 Å². The van der Waals surface area contributed by atoms with E-state index in [2.05, 4.69) is 37.2 Å². The van der Waals surface area contributed by atoms with Gasteiger partial charge in [0.15, 0.2) is 0 Å².